The number of allylic oxidation sites excluding steroid dienone is 1. The summed E-state index contributed by atoms with van der Waals surface area (Å²) in [6.07, 6.45) is 4.90. The van der Waals surface area contributed by atoms with Crippen molar-refractivity contribution in [3.63, 3.8) is 0 Å². The van der Waals surface area contributed by atoms with Gasteiger partial charge in [-0.2, -0.15) is 0 Å². The maximum absolute atomic E-state index is 4.35. The van der Waals surface area contributed by atoms with Gasteiger partial charge in [-0.25, -0.2) is 0 Å². The summed E-state index contributed by atoms with van der Waals surface area (Å²) in [6.45, 7) is 6.39. The van der Waals surface area contributed by atoms with Crippen molar-refractivity contribution in [2.45, 2.75) is 27.2 Å². The molecule has 1 aromatic heterocycles. The fraction of sp³-hybridized carbons (Fsp3) is 0.385. The quantitative estimate of drug-likeness (QED) is 0.658. The van der Waals surface area contributed by atoms with Crippen molar-refractivity contribution in [3.05, 3.63) is 41.9 Å². The summed E-state index contributed by atoms with van der Waals surface area (Å²) in [4.78, 5) is 4.35. The molecule has 14 heavy (non-hydrogen) atoms. The highest BCUT2D eigenvalue weighted by atomic mass is 14.7. The van der Waals surface area contributed by atoms with Crippen molar-refractivity contribution >= 4 is 5.57 Å². The minimum absolute atomic E-state index is 0.515. The summed E-state index contributed by atoms with van der Waals surface area (Å²) >= 11 is 0. The molecule has 0 aromatic carbocycles. The van der Waals surface area contributed by atoms with Gasteiger partial charge in [0.05, 0.1) is 5.69 Å². The second-order valence-electron chi connectivity index (χ2n) is 3.37. The van der Waals surface area contributed by atoms with E-state index in [2.05, 4.69) is 24.6 Å². The summed E-state index contributed by atoms with van der Waals surface area (Å²) in [7, 11) is 0. The standard InChI is InChI=1S/C13H17N/c1-4-8-12(11(3)5-2)13-9-6-7-10-14-13/h4,6-7,9-11H,5H2,1-3H3. The first-order valence-electron chi connectivity index (χ1n) is 5.12. The zero-order valence-electron chi connectivity index (χ0n) is 9.12. The van der Waals surface area contributed by atoms with Gasteiger partial charge < -0.3 is 0 Å². The molecule has 0 bridgehead atoms. The van der Waals surface area contributed by atoms with Crippen LogP contribution in [0.5, 0.6) is 0 Å². The first kappa shape index (κ1) is 10.7. The average Bonchev–Trinajstić information content (AvgIpc) is 2.26. The van der Waals surface area contributed by atoms with Crippen LogP contribution < -0.4 is 0 Å². The molecule has 0 N–H and O–H groups in total. The Labute approximate surface area is 86.2 Å². The molecule has 0 aliphatic rings. The van der Waals surface area contributed by atoms with E-state index in [4.69, 9.17) is 0 Å². The molecule has 1 rings (SSSR count). The third-order valence-corrected chi connectivity index (χ3v) is 2.35. The predicted molar refractivity (Wildman–Crippen MR) is 60.9 cm³/mol. The molecule has 1 aromatic rings. The second-order valence-corrected chi connectivity index (χ2v) is 3.37. The largest absolute Gasteiger partial charge is 0.256 e. The molecule has 1 nitrogen and oxygen atoms in total. The number of aromatic nitrogens is 1. The van der Waals surface area contributed by atoms with Gasteiger partial charge in [0.2, 0.25) is 0 Å². The maximum atomic E-state index is 4.35. The number of pyridine rings is 1. The summed E-state index contributed by atoms with van der Waals surface area (Å²) in [5.41, 5.74) is 5.52. The van der Waals surface area contributed by atoms with Gasteiger partial charge in [0, 0.05) is 11.8 Å². The lowest BCUT2D eigenvalue weighted by Crippen LogP contribution is -1.98. The normalized spacial score (nSPS) is 11.6. The Balaban J connectivity index is 3.09. The molecule has 0 saturated heterocycles. The van der Waals surface area contributed by atoms with E-state index < -0.39 is 0 Å². The summed E-state index contributed by atoms with van der Waals surface area (Å²) in [5.74, 6) is 0.515. The SMILES string of the molecule is CC=C=C(c1ccccn1)C(C)CC. The third kappa shape index (κ3) is 2.58. The molecule has 1 unspecified atom stereocenters. The Bertz CT molecular complexity index is 332. The molecule has 0 saturated carbocycles. The number of hydrogen-bond donors (Lipinski definition) is 0. The smallest absolute Gasteiger partial charge is 0.0741 e. The van der Waals surface area contributed by atoms with Crippen LogP contribution in [0.4, 0.5) is 0 Å². The van der Waals surface area contributed by atoms with E-state index in [1.165, 1.54) is 5.57 Å². The molecule has 0 aliphatic carbocycles. The summed E-state index contributed by atoms with van der Waals surface area (Å²) in [6, 6.07) is 5.99. The van der Waals surface area contributed by atoms with Crippen LogP contribution in [0.3, 0.4) is 0 Å². The Morgan fingerprint density at radius 1 is 1.57 bits per heavy atom. The van der Waals surface area contributed by atoms with Crippen molar-refractivity contribution in [2.24, 2.45) is 5.92 Å². The number of rotatable bonds is 3. The number of nitrogens with zero attached hydrogens (tertiary/aromatic N) is 1. The molecular weight excluding hydrogens is 170 g/mol. The van der Waals surface area contributed by atoms with Crippen LogP contribution in [0.25, 0.3) is 5.57 Å². The molecule has 0 fully saturated rings. The van der Waals surface area contributed by atoms with Gasteiger partial charge in [-0.05, 0) is 37.5 Å². The van der Waals surface area contributed by atoms with Gasteiger partial charge in [0.1, 0.15) is 0 Å². The molecule has 0 amide bonds. The van der Waals surface area contributed by atoms with Crippen molar-refractivity contribution in [3.8, 4) is 0 Å². The molecule has 0 radical (unpaired) electrons. The molecule has 0 aliphatic heterocycles. The van der Waals surface area contributed by atoms with Gasteiger partial charge in [0.25, 0.3) is 0 Å². The van der Waals surface area contributed by atoms with Gasteiger partial charge >= 0.3 is 0 Å². The topological polar surface area (TPSA) is 12.9 Å². The Kier molecular flexibility index (Phi) is 4.15. The van der Waals surface area contributed by atoms with Crippen molar-refractivity contribution in [1.29, 1.82) is 0 Å². The highest BCUT2D eigenvalue weighted by Gasteiger charge is 2.08. The third-order valence-electron chi connectivity index (χ3n) is 2.35. The zero-order valence-corrected chi connectivity index (χ0v) is 9.12. The van der Waals surface area contributed by atoms with E-state index in [-0.39, 0.29) is 0 Å². The van der Waals surface area contributed by atoms with Gasteiger partial charge in [-0.1, -0.05) is 19.9 Å². The average molecular weight is 187 g/mol. The Morgan fingerprint density at radius 3 is 2.86 bits per heavy atom. The molecule has 74 valence electrons. The minimum Gasteiger partial charge on any atom is -0.256 e. The van der Waals surface area contributed by atoms with Gasteiger partial charge in [-0.3, -0.25) is 4.98 Å². The van der Waals surface area contributed by atoms with E-state index >= 15 is 0 Å². The highest BCUT2D eigenvalue weighted by molar-refractivity contribution is 5.63. The minimum atomic E-state index is 0.515. The second kappa shape index (κ2) is 5.41. The molecule has 1 heterocycles. The Hall–Kier alpha value is -1.33. The molecular formula is C13H17N. The van der Waals surface area contributed by atoms with Gasteiger partial charge in [-0.15, -0.1) is 5.73 Å². The highest BCUT2D eigenvalue weighted by Crippen LogP contribution is 2.22. The first-order valence-corrected chi connectivity index (χ1v) is 5.12. The lowest BCUT2D eigenvalue weighted by atomic mass is 9.96. The van der Waals surface area contributed by atoms with Crippen LogP contribution in [-0.2, 0) is 0 Å². The van der Waals surface area contributed by atoms with E-state index in [0.717, 1.165) is 12.1 Å². The van der Waals surface area contributed by atoms with Crippen LogP contribution >= 0.6 is 0 Å². The lowest BCUT2D eigenvalue weighted by Gasteiger charge is -2.10. The summed E-state index contributed by atoms with van der Waals surface area (Å²) in [5, 5.41) is 0. The van der Waals surface area contributed by atoms with Crippen LogP contribution in [0.1, 0.15) is 32.9 Å². The van der Waals surface area contributed by atoms with Crippen LogP contribution in [0.15, 0.2) is 36.2 Å². The lowest BCUT2D eigenvalue weighted by molar-refractivity contribution is 0.715. The molecule has 0 spiro atoms. The van der Waals surface area contributed by atoms with E-state index in [9.17, 15) is 0 Å². The Morgan fingerprint density at radius 2 is 2.36 bits per heavy atom. The first-order chi connectivity index (χ1) is 6.79. The maximum Gasteiger partial charge on any atom is 0.0741 e. The van der Waals surface area contributed by atoms with Crippen LogP contribution in [0, 0.1) is 5.92 Å². The molecule has 1 heteroatoms. The molecule has 1 atom stereocenters. The fourth-order valence-electron chi connectivity index (χ4n) is 1.35. The van der Waals surface area contributed by atoms with E-state index in [0.29, 0.717) is 5.92 Å². The van der Waals surface area contributed by atoms with Crippen molar-refractivity contribution in [1.82, 2.24) is 4.98 Å². The van der Waals surface area contributed by atoms with Crippen LogP contribution in [-0.4, -0.2) is 4.98 Å². The number of hydrogen-bond acceptors (Lipinski definition) is 1. The zero-order chi connectivity index (χ0) is 10.4. The van der Waals surface area contributed by atoms with Gasteiger partial charge in [0.15, 0.2) is 0 Å². The monoisotopic (exact) mass is 187 g/mol. The predicted octanol–water partition coefficient (Wildman–Crippen LogP) is 3.69. The van der Waals surface area contributed by atoms with E-state index in [1.54, 1.807) is 0 Å². The van der Waals surface area contributed by atoms with Crippen LogP contribution in [0.2, 0.25) is 0 Å². The van der Waals surface area contributed by atoms with Crippen molar-refractivity contribution in [2.75, 3.05) is 0 Å². The van der Waals surface area contributed by atoms with Crippen molar-refractivity contribution < 1.29 is 0 Å². The summed E-state index contributed by atoms with van der Waals surface area (Å²) < 4.78 is 0. The fourth-order valence-corrected chi connectivity index (χ4v) is 1.35. The van der Waals surface area contributed by atoms with E-state index in [1.807, 2.05) is 37.4 Å².